The third-order valence-corrected chi connectivity index (χ3v) is 3.85. The van der Waals surface area contributed by atoms with Crippen LogP contribution in [0.5, 0.6) is 0 Å². The number of aliphatic carboxylic acids is 1. The van der Waals surface area contributed by atoms with Gasteiger partial charge in [-0.3, -0.25) is 4.79 Å². The lowest BCUT2D eigenvalue weighted by Crippen LogP contribution is -2.34. The van der Waals surface area contributed by atoms with Gasteiger partial charge >= 0.3 is 5.97 Å². The van der Waals surface area contributed by atoms with Crippen molar-refractivity contribution >= 4 is 5.97 Å². The number of ether oxygens (including phenoxy) is 1. The van der Waals surface area contributed by atoms with Gasteiger partial charge in [0.25, 0.3) is 0 Å². The van der Waals surface area contributed by atoms with Crippen LogP contribution in [0.2, 0.25) is 0 Å². The van der Waals surface area contributed by atoms with Crippen LogP contribution in [0.15, 0.2) is 0 Å². The normalized spacial score (nSPS) is 24.1. The second-order valence-electron chi connectivity index (χ2n) is 5.41. The summed E-state index contributed by atoms with van der Waals surface area (Å²) in [6.45, 7) is 2.97. The van der Waals surface area contributed by atoms with Crippen LogP contribution in [0, 0.1) is 5.92 Å². The van der Waals surface area contributed by atoms with Crippen molar-refractivity contribution in [3.8, 4) is 0 Å². The molecular formula is C15H28O3. The van der Waals surface area contributed by atoms with E-state index in [1.165, 1.54) is 38.5 Å². The Labute approximate surface area is 111 Å². The Balaban J connectivity index is 2.07. The summed E-state index contributed by atoms with van der Waals surface area (Å²) in [7, 11) is 0. The zero-order chi connectivity index (χ0) is 13.2. The summed E-state index contributed by atoms with van der Waals surface area (Å²) < 4.78 is 5.62. The van der Waals surface area contributed by atoms with Gasteiger partial charge in [0.05, 0.1) is 12.0 Å². The van der Waals surface area contributed by atoms with Crippen LogP contribution in [-0.2, 0) is 9.53 Å². The minimum atomic E-state index is -0.678. The third kappa shape index (κ3) is 5.85. The molecule has 1 heterocycles. The highest BCUT2D eigenvalue weighted by molar-refractivity contribution is 5.70. The van der Waals surface area contributed by atoms with Gasteiger partial charge in [-0.2, -0.15) is 0 Å². The highest BCUT2D eigenvalue weighted by atomic mass is 16.5. The molecule has 1 rings (SSSR count). The van der Waals surface area contributed by atoms with E-state index in [0.29, 0.717) is 0 Å². The second kappa shape index (κ2) is 9.37. The Morgan fingerprint density at radius 3 is 2.50 bits per heavy atom. The molecule has 2 unspecified atom stereocenters. The minimum Gasteiger partial charge on any atom is -0.481 e. The van der Waals surface area contributed by atoms with E-state index in [1.807, 2.05) is 0 Å². The van der Waals surface area contributed by atoms with Crippen molar-refractivity contribution in [1.82, 2.24) is 0 Å². The van der Waals surface area contributed by atoms with Gasteiger partial charge in [0, 0.05) is 6.61 Å². The van der Waals surface area contributed by atoms with E-state index in [2.05, 4.69) is 6.92 Å². The van der Waals surface area contributed by atoms with Gasteiger partial charge < -0.3 is 9.84 Å². The number of carboxylic acid groups (broad SMARTS) is 1. The van der Waals surface area contributed by atoms with Gasteiger partial charge in [0.15, 0.2) is 0 Å². The molecule has 3 heteroatoms. The average molecular weight is 256 g/mol. The standard InChI is InChI=1S/C15H28O3/c1-2-3-4-5-6-7-8-11-14-13(15(16)17)10-9-12-18-14/h13-14H,2-12H2,1H3,(H,16,17). The molecule has 3 nitrogen and oxygen atoms in total. The number of unbranched alkanes of at least 4 members (excludes halogenated alkanes) is 6. The number of carboxylic acids is 1. The summed E-state index contributed by atoms with van der Waals surface area (Å²) in [5, 5.41) is 9.13. The lowest BCUT2D eigenvalue weighted by atomic mass is 9.91. The van der Waals surface area contributed by atoms with Crippen molar-refractivity contribution in [2.75, 3.05) is 6.61 Å². The molecule has 0 aromatic carbocycles. The molecule has 0 saturated carbocycles. The first-order chi connectivity index (χ1) is 8.75. The smallest absolute Gasteiger partial charge is 0.309 e. The second-order valence-corrected chi connectivity index (χ2v) is 5.41. The van der Waals surface area contributed by atoms with E-state index >= 15 is 0 Å². The predicted octanol–water partition coefficient (Wildman–Crippen LogP) is 4.01. The fourth-order valence-electron chi connectivity index (χ4n) is 2.71. The zero-order valence-corrected chi connectivity index (χ0v) is 11.7. The molecule has 1 N–H and O–H groups in total. The first-order valence-corrected chi connectivity index (χ1v) is 7.60. The fraction of sp³-hybridized carbons (Fsp3) is 0.933. The van der Waals surface area contributed by atoms with Crippen molar-refractivity contribution in [3.05, 3.63) is 0 Å². The summed E-state index contributed by atoms with van der Waals surface area (Å²) in [4.78, 5) is 11.1. The first kappa shape index (κ1) is 15.5. The maximum absolute atomic E-state index is 11.1. The van der Waals surface area contributed by atoms with Crippen LogP contribution in [-0.4, -0.2) is 23.8 Å². The minimum absolute atomic E-state index is 0.0353. The Bertz CT molecular complexity index is 228. The van der Waals surface area contributed by atoms with Gasteiger partial charge in [-0.15, -0.1) is 0 Å². The van der Waals surface area contributed by atoms with Crippen molar-refractivity contribution in [1.29, 1.82) is 0 Å². The Hall–Kier alpha value is -0.570. The fourth-order valence-corrected chi connectivity index (χ4v) is 2.71. The molecule has 2 atom stereocenters. The number of rotatable bonds is 9. The molecule has 0 amide bonds. The molecule has 1 aliphatic heterocycles. The lowest BCUT2D eigenvalue weighted by molar-refractivity contribution is -0.151. The summed E-state index contributed by atoms with van der Waals surface area (Å²) in [6.07, 6.45) is 11.5. The van der Waals surface area contributed by atoms with Gasteiger partial charge in [-0.05, 0) is 19.3 Å². The Morgan fingerprint density at radius 2 is 1.83 bits per heavy atom. The Morgan fingerprint density at radius 1 is 1.17 bits per heavy atom. The molecule has 1 saturated heterocycles. The molecule has 0 spiro atoms. The van der Waals surface area contributed by atoms with Crippen LogP contribution < -0.4 is 0 Å². The lowest BCUT2D eigenvalue weighted by Gasteiger charge is -2.28. The number of carbonyl (C=O) groups is 1. The van der Waals surface area contributed by atoms with E-state index in [1.54, 1.807) is 0 Å². The molecular weight excluding hydrogens is 228 g/mol. The summed E-state index contributed by atoms with van der Waals surface area (Å²) >= 11 is 0. The summed E-state index contributed by atoms with van der Waals surface area (Å²) in [5.74, 6) is -0.943. The van der Waals surface area contributed by atoms with Crippen LogP contribution >= 0.6 is 0 Å². The van der Waals surface area contributed by atoms with Crippen LogP contribution in [0.1, 0.15) is 71.1 Å². The summed E-state index contributed by atoms with van der Waals surface area (Å²) in [6, 6.07) is 0. The van der Waals surface area contributed by atoms with E-state index in [-0.39, 0.29) is 12.0 Å². The maximum atomic E-state index is 11.1. The van der Waals surface area contributed by atoms with E-state index in [0.717, 1.165) is 32.3 Å². The zero-order valence-electron chi connectivity index (χ0n) is 11.7. The summed E-state index contributed by atoms with van der Waals surface area (Å²) in [5.41, 5.74) is 0. The molecule has 0 aromatic heterocycles. The van der Waals surface area contributed by atoms with E-state index < -0.39 is 5.97 Å². The van der Waals surface area contributed by atoms with Crippen molar-refractivity contribution < 1.29 is 14.6 Å². The third-order valence-electron chi connectivity index (χ3n) is 3.85. The predicted molar refractivity (Wildman–Crippen MR) is 72.7 cm³/mol. The van der Waals surface area contributed by atoms with Crippen LogP contribution in [0.4, 0.5) is 0 Å². The highest BCUT2D eigenvalue weighted by Gasteiger charge is 2.30. The Kier molecular flexibility index (Phi) is 8.06. The molecule has 0 bridgehead atoms. The van der Waals surface area contributed by atoms with E-state index in [4.69, 9.17) is 9.84 Å². The van der Waals surface area contributed by atoms with Crippen molar-refractivity contribution in [2.24, 2.45) is 5.92 Å². The molecule has 1 aliphatic rings. The molecule has 1 fully saturated rings. The molecule has 106 valence electrons. The largest absolute Gasteiger partial charge is 0.481 e. The number of hydrogen-bond acceptors (Lipinski definition) is 2. The van der Waals surface area contributed by atoms with Gasteiger partial charge in [-0.25, -0.2) is 0 Å². The first-order valence-electron chi connectivity index (χ1n) is 7.60. The average Bonchev–Trinajstić information content (AvgIpc) is 2.38. The van der Waals surface area contributed by atoms with Crippen molar-refractivity contribution in [2.45, 2.75) is 77.2 Å². The molecule has 18 heavy (non-hydrogen) atoms. The van der Waals surface area contributed by atoms with E-state index in [9.17, 15) is 4.79 Å². The maximum Gasteiger partial charge on any atom is 0.309 e. The number of hydrogen-bond donors (Lipinski definition) is 1. The van der Waals surface area contributed by atoms with Crippen LogP contribution in [0.25, 0.3) is 0 Å². The quantitative estimate of drug-likeness (QED) is 0.634. The monoisotopic (exact) mass is 256 g/mol. The van der Waals surface area contributed by atoms with Gasteiger partial charge in [0.1, 0.15) is 0 Å². The molecule has 0 aromatic rings. The van der Waals surface area contributed by atoms with Crippen molar-refractivity contribution in [3.63, 3.8) is 0 Å². The van der Waals surface area contributed by atoms with Gasteiger partial charge in [-0.1, -0.05) is 51.9 Å². The van der Waals surface area contributed by atoms with Gasteiger partial charge in [0.2, 0.25) is 0 Å². The SMILES string of the molecule is CCCCCCCCCC1OCCCC1C(=O)O. The molecule has 0 aliphatic carbocycles. The topological polar surface area (TPSA) is 46.5 Å². The van der Waals surface area contributed by atoms with Crippen LogP contribution in [0.3, 0.4) is 0 Å². The highest BCUT2D eigenvalue weighted by Crippen LogP contribution is 2.25. The molecule has 0 radical (unpaired) electrons.